The number of aryl methyl sites for hydroxylation is 2. The van der Waals surface area contributed by atoms with Gasteiger partial charge in [0.15, 0.2) is 0 Å². The zero-order valence-corrected chi connectivity index (χ0v) is 21.8. The van der Waals surface area contributed by atoms with Crippen molar-refractivity contribution in [3.8, 4) is 5.75 Å². The normalized spacial score (nSPS) is 11.3. The summed E-state index contributed by atoms with van der Waals surface area (Å²) >= 11 is 6.11. The van der Waals surface area contributed by atoms with Gasteiger partial charge in [0.2, 0.25) is 5.91 Å². The number of rotatable bonds is 11. The Kier molecular flexibility index (Phi) is 9.18. The van der Waals surface area contributed by atoms with E-state index in [9.17, 15) is 13.2 Å². The zero-order chi connectivity index (χ0) is 25.4. The van der Waals surface area contributed by atoms with Crippen molar-refractivity contribution in [2.45, 2.75) is 44.6 Å². The van der Waals surface area contributed by atoms with Crippen molar-refractivity contribution in [2.24, 2.45) is 0 Å². The van der Waals surface area contributed by atoms with Crippen LogP contribution >= 0.6 is 11.6 Å². The third-order valence-corrected chi connectivity index (χ3v) is 7.28. The maximum atomic E-state index is 13.4. The molecule has 0 aromatic heterocycles. The van der Waals surface area contributed by atoms with E-state index in [0.717, 1.165) is 34.0 Å². The molecule has 3 aromatic carbocycles. The summed E-state index contributed by atoms with van der Waals surface area (Å²) < 4.78 is 33.5. The van der Waals surface area contributed by atoms with Crippen molar-refractivity contribution in [3.05, 3.63) is 88.9 Å². The van der Waals surface area contributed by atoms with Crippen LogP contribution in [0.3, 0.4) is 0 Å². The summed E-state index contributed by atoms with van der Waals surface area (Å²) in [6, 6.07) is 20.9. The van der Waals surface area contributed by atoms with Crippen molar-refractivity contribution in [3.63, 3.8) is 0 Å². The number of amides is 1. The van der Waals surface area contributed by atoms with Gasteiger partial charge in [0.25, 0.3) is 10.0 Å². The van der Waals surface area contributed by atoms with Crippen LogP contribution in [0.5, 0.6) is 5.75 Å². The van der Waals surface area contributed by atoms with Gasteiger partial charge < -0.3 is 10.1 Å². The average Bonchev–Trinajstić information content (AvgIpc) is 2.81. The van der Waals surface area contributed by atoms with Gasteiger partial charge in [-0.3, -0.25) is 9.10 Å². The van der Waals surface area contributed by atoms with Crippen LogP contribution in [0, 0.1) is 6.92 Å². The first-order chi connectivity index (χ1) is 16.6. The summed E-state index contributed by atoms with van der Waals surface area (Å²) in [5.74, 6) is 0.439. The highest BCUT2D eigenvalue weighted by Crippen LogP contribution is 2.26. The topological polar surface area (TPSA) is 75.7 Å². The number of halogens is 1. The van der Waals surface area contributed by atoms with Gasteiger partial charge in [-0.2, -0.15) is 0 Å². The molecule has 186 valence electrons. The maximum Gasteiger partial charge on any atom is 0.264 e. The van der Waals surface area contributed by atoms with Crippen molar-refractivity contribution >= 4 is 33.2 Å². The number of carbonyl (C=O) groups is 1. The lowest BCUT2D eigenvalue weighted by Crippen LogP contribution is -2.41. The van der Waals surface area contributed by atoms with E-state index in [-0.39, 0.29) is 23.5 Å². The van der Waals surface area contributed by atoms with Crippen LogP contribution in [-0.4, -0.2) is 33.5 Å². The second kappa shape index (κ2) is 12.1. The summed E-state index contributed by atoms with van der Waals surface area (Å²) in [6.45, 7) is 5.92. The fourth-order valence-corrected chi connectivity index (χ4v) is 5.09. The molecule has 0 atom stereocenters. The highest BCUT2D eigenvalue weighted by Gasteiger charge is 2.27. The van der Waals surface area contributed by atoms with Crippen LogP contribution in [0.25, 0.3) is 0 Å². The van der Waals surface area contributed by atoms with E-state index < -0.39 is 10.0 Å². The largest absolute Gasteiger partial charge is 0.491 e. The number of hydrogen-bond acceptors (Lipinski definition) is 4. The molecule has 6 nitrogen and oxygen atoms in total. The lowest BCUT2D eigenvalue weighted by Gasteiger charge is -2.24. The Morgan fingerprint density at radius 2 is 1.71 bits per heavy atom. The van der Waals surface area contributed by atoms with E-state index in [1.165, 1.54) is 18.2 Å². The SMILES string of the molecule is Cc1ccc(S(=O)(=O)N(CC(=O)NCCCc2ccc(OC(C)C)cc2)c2cccc(Cl)c2)cc1. The molecule has 0 bridgehead atoms. The van der Waals surface area contributed by atoms with E-state index in [2.05, 4.69) is 5.32 Å². The molecule has 0 saturated heterocycles. The van der Waals surface area contributed by atoms with Gasteiger partial charge in [0, 0.05) is 11.6 Å². The Hall–Kier alpha value is -3.03. The lowest BCUT2D eigenvalue weighted by atomic mass is 10.1. The maximum absolute atomic E-state index is 13.4. The summed E-state index contributed by atoms with van der Waals surface area (Å²) in [5.41, 5.74) is 2.41. The van der Waals surface area contributed by atoms with Crippen molar-refractivity contribution in [1.82, 2.24) is 5.32 Å². The quantitative estimate of drug-likeness (QED) is 0.348. The van der Waals surface area contributed by atoms with Crippen molar-refractivity contribution < 1.29 is 17.9 Å². The molecule has 0 aliphatic carbocycles. The lowest BCUT2D eigenvalue weighted by molar-refractivity contribution is -0.119. The highest BCUT2D eigenvalue weighted by atomic mass is 35.5. The molecule has 8 heteroatoms. The van der Waals surface area contributed by atoms with Gasteiger partial charge >= 0.3 is 0 Å². The van der Waals surface area contributed by atoms with Gasteiger partial charge in [-0.25, -0.2) is 8.42 Å². The number of carbonyl (C=O) groups excluding carboxylic acids is 1. The minimum atomic E-state index is -3.97. The molecule has 0 fully saturated rings. The van der Waals surface area contributed by atoms with Gasteiger partial charge in [0.1, 0.15) is 12.3 Å². The van der Waals surface area contributed by atoms with Crippen LogP contribution in [0.1, 0.15) is 31.4 Å². The molecule has 0 heterocycles. The van der Waals surface area contributed by atoms with Crippen molar-refractivity contribution in [2.75, 3.05) is 17.4 Å². The van der Waals surface area contributed by atoms with E-state index in [0.29, 0.717) is 17.3 Å². The Morgan fingerprint density at radius 3 is 2.34 bits per heavy atom. The minimum Gasteiger partial charge on any atom is -0.491 e. The number of nitrogens with zero attached hydrogens (tertiary/aromatic N) is 1. The fourth-order valence-electron chi connectivity index (χ4n) is 3.50. The standard InChI is InChI=1S/C27H31ClN2O4S/c1-20(2)34-25-13-11-22(12-14-25)6-5-17-29-27(31)19-30(24-8-4-7-23(28)18-24)35(32,33)26-15-9-21(3)10-16-26/h4,7-16,18,20H,5-6,17,19H2,1-3H3,(H,29,31). The van der Waals surface area contributed by atoms with E-state index in [4.69, 9.17) is 16.3 Å². The highest BCUT2D eigenvalue weighted by molar-refractivity contribution is 7.92. The van der Waals surface area contributed by atoms with E-state index >= 15 is 0 Å². The molecule has 0 spiro atoms. The summed E-state index contributed by atoms with van der Waals surface area (Å²) in [4.78, 5) is 12.8. The monoisotopic (exact) mass is 514 g/mol. The molecule has 35 heavy (non-hydrogen) atoms. The Morgan fingerprint density at radius 1 is 1.03 bits per heavy atom. The predicted octanol–water partition coefficient (Wildman–Crippen LogP) is 5.38. The molecule has 3 rings (SSSR count). The van der Waals surface area contributed by atoms with Gasteiger partial charge in [-0.05, 0) is 81.6 Å². The molecule has 0 unspecified atom stereocenters. The Balaban J connectivity index is 1.63. The molecule has 1 amide bonds. The fraction of sp³-hybridized carbons (Fsp3) is 0.296. The number of ether oxygens (including phenoxy) is 1. The average molecular weight is 515 g/mol. The number of benzene rings is 3. The third kappa shape index (κ3) is 7.73. The number of sulfonamides is 1. The van der Waals surface area contributed by atoms with Crippen LogP contribution in [0.2, 0.25) is 5.02 Å². The van der Waals surface area contributed by atoms with Crippen LogP contribution in [-0.2, 0) is 21.2 Å². The molecule has 3 aromatic rings. The second-order valence-electron chi connectivity index (χ2n) is 8.57. The van der Waals surface area contributed by atoms with Gasteiger partial charge in [0.05, 0.1) is 16.7 Å². The van der Waals surface area contributed by atoms with Crippen LogP contribution in [0.15, 0.2) is 77.7 Å². The molecule has 0 aliphatic rings. The molecule has 1 N–H and O–H groups in total. The number of hydrogen-bond donors (Lipinski definition) is 1. The minimum absolute atomic E-state index is 0.112. The zero-order valence-electron chi connectivity index (χ0n) is 20.2. The number of nitrogens with one attached hydrogen (secondary N) is 1. The summed E-state index contributed by atoms with van der Waals surface area (Å²) in [6.07, 6.45) is 1.62. The number of anilines is 1. The molecule has 0 saturated carbocycles. The van der Waals surface area contributed by atoms with Gasteiger partial charge in [-0.15, -0.1) is 0 Å². The smallest absolute Gasteiger partial charge is 0.264 e. The van der Waals surface area contributed by atoms with Gasteiger partial charge in [-0.1, -0.05) is 47.5 Å². The molecular weight excluding hydrogens is 484 g/mol. The van der Waals surface area contributed by atoms with E-state index in [1.807, 2.05) is 45.0 Å². The first-order valence-electron chi connectivity index (χ1n) is 11.5. The van der Waals surface area contributed by atoms with E-state index in [1.54, 1.807) is 30.3 Å². The first-order valence-corrected chi connectivity index (χ1v) is 13.3. The van der Waals surface area contributed by atoms with Crippen molar-refractivity contribution in [1.29, 1.82) is 0 Å². The predicted molar refractivity (Wildman–Crippen MR) is 141 cm³/mol. The second-order valence-corrected chi connectivity index (χ2v) is 10.9. The Labute approximate surface area is 212 Å². The molecule has 0 radical (unpaired) electrons. The summed E-state index contributed by atoms with van der Waals surface area (Å²) in [7, 11) is -3.97. The van der Waals surface area contributed by atoms with Crippen LogP contribution in [0.4, 0.5) is 5.69 Å². The van der Waals surface area contributed by atoms with Crippen LogP contribution < -0.4 is 14.4 Å². The third-order valence-electron chi connectivity index (χ3n) is 5.25. The molecular formula is C27H31ClN2O4S. The Bertz CT molecular complexity index is 1230. The summed E-state index contributed by atoms with van der Waals surface area (Å²) in [5, 5.41) is 3.22. The first kappa shape index (κ1) is 26.6. The molecule has 0 aliphatic heterocycles.